The molecule has 25 heavy (non-hydrogen) atoms. The number of hydrogen-bond acceptors (Lipinski definition) is 4. The molecule has 6 nitrogen and oxygen atoms in total. The largest absolute Gasteiger partial charge is 0.497 e. The third-order valence-corrected chi connectivity index (χ3v) is 3.68. The van der Waals surface area contributed by atoms with Crippen molar-refractivity contribution >= 4 is 17.7 Å². The minimum Gasteiger partial charge on any atom is -0.497 e. The Morgan fingerprint density at radius 2 is 1.64 bits per heavy atom. The molecule has 2 N–H and O–H groups in total. The summed E-state index contributed by atoms with van der Waals surface area (Å²) in [6.07, 6.45) is -0.0826. The van der Waals surface area contributed by atoms with E-state index in [4.69, 9.17) is 4.74 Å². The number of amides is 1. The number of nitrogens with one attached hydrogen (secondary N) is 1. The van der Waals surface area contributed by atoms with Gasteiger partial charge in [-0.1, -0.05) is 30.3 Å². The van der Waals surface area contributed by atoms with Crippen LogP contribution in [-0.2, 0) is 9.59 Å². The van der Waals surface area contributed by atoms with Crippen LogP contribution in [0.4, 0.5) is 0 Å². The van der Waals surface area contributed by atoms with E-state index in [0.717, 1.165) is 0 Å². The molecular formula is C19H19NO5. The van der Waals surface area contributed by atoms with Crippen molar-refractivity contribution in [3.8, 4) is 5.75 Å². The number of methoxy groups -OCH3 is 1. The van der Waals surface area contributed by atoms with Crippen LogP contribution in [0.15, 0.2) is 54.6 Å². The molecule has 2 rings (SSSR count). The number of aliphatic carboxylic acids is 1. The van der Waals surface area contributed by atoms with Gasteiger partial charge in [-0.25, -0.2) is 4.79 Å². The van der Waals surface area contributed by atoms with Crippen LogP contribution in [0, 0.1) is 0 Å². The lowest BCUT2D eigenvalue weighted by Crippen LogP contribution is -2.33. The van der Waals surface area contributed by atoms with Gasteiger partial charge in [0.1, 0.15) is 5.75 Å². The first-order valence-corrected chi connectivity index (χ1v) is 7.75. The molecule has 0 fully saturated rings. The second-order valence-electron chi connectivity index (χ2n) is 5.40. The van der Waals surface area contributed by atoms with Crippen LogP contribution >= 0.6 is 0 Å². The number of rotatable bonds is 8. The number of ether oxygens (including phenoxy) is 1. The summed E-state index contributed by atoms with van der Waals surface area (Å²) < 4.78 is 5.02. The van der Waals surface area contributed by atoms with Crippen LogP contribution < -0.4 is 10.1 Å². The van der Waals surface area contributed by atoms with Crippen molar-refractivity contribution in [3.05, 3.63) is 65.7 Å². The summed E-state index contributed by atoms with van der Waals surface area (Å²) in [5.74, 6) is -1.19. The van der Waals surface area contributed by atoms with Gasteiger partial charge in [0.15, 0.2) is 11.8 Å². The Balaban J connectivity index is 1.92. The predicted molar refractivity (Wildman–Crippen MR) is 91.5 cm³/mol. The third kappa shape index (κ3) is 5.17. The van der Waals surface area contributed by atoms with Crippen molar-refractivity contribution in [3.63, 3.8) is 0 Å². The Hall–Kier alpha value is -3.15. The van der Waals surface area contributed by atoms with Crippen molar-refractivity contribution in [1.29, 1.82) is 0 Å². The highest BCUT2D eigenvalue weighted by Gasteiger charge is 2.22. The van der Waals surface area contributed by atoms with Crippen LogP contribution in [0.3, 0.4) is 0 Å². The maximum absolute atomic E-state index is 12.1. The fourth-order valence-corrected chi connectivity index (χ4v) is 2.31. The summed E-state index contributed by atoms with van der Waals surface area (Å²) >= 11 is 0. The number of ketones is 1. The van der Waals surface area contributed by atoms with Gasteiger partial charge in [-0.2, -0.15) is 0 Å². The second-order valence-corrected chi connectivity index (χ2v) is 5.40. The summed E-state index contributed by atoms with van der Waals surface area (Å²) in [5, 5.41) is 11.7. The third-order valence-electron chi connectivity index (χ3n) is 3.68. The molecule has 0 aliphatic carbocycles. The average Bonchev–Trinajstić information content (AvgIpc) is 2.64. The smallest absolute Gasteiger partial charge is 0.330 e. The van der Waals surface area contributed by atoms with Gasteiger partial charge in [0.2, 0.25) is 5.91 Å². The summed E-state index contributed by atoms with van der Waals surface area (Å²) in [4.78, 5) is 35.5. The average molecular weight is 341 g/mol. The van der Waals surface area contributed by atoms with E-state index < -0.39 is 17.9 Å². The highest BCUT2D eigenvalue weighted by molar-refractivity contribution is 5.98. The molecule has 1 atom stereocenters. The van der Waals surface area contributed by atoms with Gasteiger partial charge in [-0.3, -0.25) is 9.59 Å². The summed E-state index contributed by atoms with van der Waals surface area (Å²) in [6.45, 7) is 0. The minimum atomic E-state index is -1.15. The molecule has 0 spiro atoms. The number of carbonyl (C=O) groups is 3. The van der Waals surface area contributed by atoms with E-state index >= 15 is 0 Å². The van der Waals surface area contributed by atoms with Crippen LogP contribution in [0.2, 0.25) is 0 Å². The Kier molecular flexibility index (Phi) is 6.28. The molecule has 6 heteroatoms. The lowest BCUT2D eigenvalue weighted by Gasteiger charge is -2.14. The van der Waals surface area contributed by atoms with E-state index in [9.17, 15) is 19.5 Å². The number of carboxylic acid groups (broad SMARTS) is 1. The fourth-order valence-electron chi connectivity index (χ4n) is 2.31. The van der Waals surface area contributed by atoms with E-state index in [1.807, 2.05) is 0 Å². The summed E-state index contributed by atoms with van der Waals surface area (Å²) in [6, 6.07) is 13.9. The molecule has 0 aromatic heterocycles. The first kappa shape index (κ1) is 18.2. The van der Waals surface area contributed by atoms with E-state index in [2.05, 4.69) is 5.32 Å². The van der Waals surface area contributed by atoms with Crippen molar-refractivity contribution in [2.75, 3.05) is 7.11 Å². The summed E-state index contributed by atoms with van der Waals surface area (Å²) in [5.41, 5.74) is 0.955. The molecule has 2 aromatic rings. The van der Waals surface area contributed by atoms with E-state index in [0.29, 0.717) is 16.9 Å². The lowest BCUT2D eigenvalue weighted by molar-refractivity contribution is -0.142. The van der Waals surface area contributed by atoms with Gasteiger partial charge in [0.25, 0.3) is 0 Å². The molecule has 0 aliphatic rings. The van der Waals surface area contributed by atoms with Gasteiger partial charge >= 0.3 is 5.97 Å². The first-order chi connectivity index (χ1) is 12.0. The zero-order valence-electron chi connectivity index (χ0n) is 13.8. The molecular weight excluding hydrogens is 322 g/mol. The monoisotopic (exact) mass is 341 g/mol. The quantitative estimate of drug-likeness (QED) is 0.720. The summed E-state index contributed by atoms with van der Waals surface area (Å²) in [7, 11) is 1.53. The SMILES string of the molecule is COc1ccc(C(=O)CCC(=O)NC(C(=O)O)c2ccccc2)cc1. The maximum atomic E-state index is 12.1. The topological polar surface area (TPSA) is 92.7 Å². The Morgan fingerprint density at radius 3 is 2.20 bits per heavy atom. The van der Waals surface area contributed by atoms with E-state index in [1.165, 1.54) is 7.11 Å². The zero-order chi connectivity index (χ0) is 18.2. The van der Waals surface area contributed by atoms with Crippen molar-refractivity contribution < 1.29 is 24.2 Å². The van der Waals surface area contributed by atoms with Crippen molar-refractivity contribution in [1.82, 2.24) is 5.32 Å². The molecule has 1 unspecified atom stereocenters. The standard InChI is InChI=1S/C19H19NO5/c1-25-15-9-7-13(8-10-15)16(21)11-12-17(22)20-18(19(23)24)14-5-3-2-4-6-14/h2-10,18H,11-12H2,1H3,(H,20,22)(H,23,24). The highest BCUT2D eigenvalue weighted by atomic mass is 16.5. The molecule has 0 saturated carbocycles. The minimum absolute atomic E-state index is 0.000703. The lowest BCUT2D eigenvalue weighted by atomic mass is 10.0. The molecule has 0 aliphatic heterocycles. The van der Waals surface area contributed by atoms with Crippen LogP contribution in [0.5, 0.6) is 5.75 Å². The van der Waals surface area contributed by atoms with Gasteiger partial charge in [-0.05, 0) is 29.8 Å². The van der Waals surface area contributed by atoms with Gasteiger partial charge in [0, 0.05) is 18.4 Å². The van der Waals surface area contributed by atoms with E-state index in [1.54, 1.807) is 54.6 Å². The number of hydrogen-bond donors (Lipinski definition) is 2. The Labute approximate surface area is 145 Å². The normalized spacial score (nSPS) is 11.4. The Bertz CT molecular complexity index is 740. The van der Waals surface area contributed by atoms with Gasteiger partial charge in [0.05, 0.1) is 7.11 Å². The molecule has 0 radical (unpaired) electrons. The van der Waals surface area contributed by atoms with E-state index in [-0.39, 0.29) is 18.6 Å². The number of benzene rings is 2. The van der Waals surface area contributed by atoms with Gasteiger partial charge < -0.3 is 15.2 Å². The van der Waals surface area contributed by atoms with Crippen molar-refractivity contribution in [2.45, 2.75) is 18.9 Å². The highest BCUT2D eigenvalue weighted by Crippen LogP contribution is 2.15. The maximum Gasteiger partial charge on any atom is 0.330 e. The molecule has 0 saturated heterocycles. The van der Waals surface area contributed by atoms with Crippen LogP contribution in [0.25, 0.3) is 0 Å². The van der Waals surface area contributed by atoms with Crippen LogP contribution in [0.1, 0.15) is 34.8 Å². The number of carbonyl (C=O) groups excluding carboxylic acids is 2. The molecule has 1 amide bonds. The number of Topliss-reactive ketones (excluding diaryl/α,β-unsaturated/α-hetero) is 1. The molecule has 2 aromatic carbocycles. The molecule has 0 bridgehead atoms. The second kappa shape index (κ2) is 8.63. The first-order valence-electron chi connectivity index (χ1n) is 7.75. The van der Waals surface area contributed by atoms with Crippen molar-refractivity contribution in [2.24, 2.45) is 0 Å². The molecule has 130 valence electrons. The zero-order valence-corrected chi connectivity index (χ0v) is 13.8. The Morgan fingerprint density at radius 1 is 1.00 bits per heavy atom. The predicted octanol–water partition coefficient (Wildman–Crippen LogP) is 2.60. The van der Waals surface area contributed by atoms with Gasteiger partial charge in [-0.15, -0.1) is 0 Å². The molecule has 0 heterocycles. The fraction of sp³-hybridized carbons (Fsp3) is 0.211. The van der Waals surface area contributed by atoms with Crippen LogP contribution in [-0.4, -0.2) is 29.9 Å². The number of carboxylic acids is 1.